The molecule has 2 aromatic rings. The van der Waals surface area contributed by atoms with Gasteiger partial charge in [-0.05, 0) is 6.92 Å². The van der Waals surface area contributed by atoms with Crippen LogP contribution in [-0.4, -0.2) is 134 Å². The Labute approximate surface area is 310 Å². The van der Waals surface area contributed by atoms with E-state index in [1.54, 1.807) is 0 Å². The van der Waals surface area contributed by atoms with Crippen LogP contribution in [0.4, 0.5) is 5.82 Å². The number of rotatable bonds is 21. The number of imidazole rings is 1. The number of phosphoric acid groups is 3. The number of hydrogen-bond donors (Lipinski definition) is 10. The van der Waals surface area contributed by atoms with Gasteiger partial charge in [0.15, 0.2) is 22.8 Å². The number of hydrogen-bond acceptors (Lipinski definition) is 19. The number of amides is 2. The molecule has 0 spiro atoms. The number of ether oxygens (including phenoxy) is 1. The van der Waals surface area contributed by atoms with Gasteiger partial charge >= 0.3 is 23.5 Å². The van der Waals surface area contributed by atoms with Crippen molar-refractivity contribution >= 4 is 69.1 Å². The number of carbonyl (C=O) groups excluding carboxylic acids is 3. The molecular formula is C25H42N7O18P3S. The molecular weight excluding hydrogens is 811 g/mol. The summed E-state index contributed by atoms with van der Waals surface area (Å²) in [6, 6.07) is 0. The summed E-state index contributed by atoms with van der Waals surface area (Å²) in [5.41, 5.74) is 4.23. The van der Waals surface area contributed by atoms with E-state index in [1.807, 2.05) is 0 Å². The molecule has 306 valence electrons. The normalized spacial score (nSPS) is 22.6. The number of aliphatic hydroxyl groups is 3. The lowest BCUT2D eigenvalue weighted by molar-refractivity contribution is -0.137. The van der Waals surface area contributed by atoms with Gasteiger partial charge in [-0.1, -0.05) is 25.6 Å². The van der Waals surface area contributed by atoms with Crippen molar-refractivity contribution in [1.29, 1.82) is 0 Å². The van der Waals surface area contributed by atoms with Crippen LogP contribution in [0.3, 0.4) is 0 Å². The smallest absolute Gasteiger partial charge is 0.393 e. The van der Waals surface area contributed by atoms with Gasteiger partial charge < -0.3 is 56.0 Å². The van der Waals surface area contributed by atoms with Gasteiger partial charge in [-0.3, -0.25) is 32.5 Å². The van der Waals surface area contributed by atoms with Crippen LogP contribution in [0, 0.1) is 5.41 Å². The summed E-state index contributed by atoms with van der Waals surface area (Å²) in [5, 5.41) is 35.2. The topological polar surface area (TPSA) is 384 Å². The predicted molar refractivity (Wildman–Crippen MR) is 183 cm³/mol. The lowest BCUT2D eigenvalue weighted by atomic mass is 9.87. The lowest BCUT2D eigenvalue weighted by Gasteiger charge is -2.30. The van der Waals surface area contributed by atoms with E-state index in [2.05, 4.69) is 34.4 Å². The Bertz CT molecular complexity index is 1780. The molecule has 1 aliphatic rings. The molecule has 3 heterocycles. The third kappa shape index (κ3) is 13.9. The number of thioether (sulfide) groups is 1. The first-order valence-electron chi connectivity index (χ1n) is 15.6. The van der Waals surface area contributed by atoms with Crippen molar-refractivity contribution in [2.75, 3.05) is 37.8 Å². The van der Waals surface area contributed by atoms with Crippen LogP contribution in [-0.2, 0) is 50.7 Å². The molecule has 2 amide bonds. The molecule has 11 N–H and O–H groups in total. The van der Waals surface area contributed by atoms with Gasteiger partial charge in [0.05, 0.1) is 25.6 Å². The highest BCUT2D eigenvalue weighted by atomic mass is 32.2. The molecule has 2 unspecified atom stereocenters. The molecule has 1 saturated heterocycles. The van der Waals surface area contributed by atoms with Gasteiger partial charge in [-0.2, -0.15) is 4.31 Å². The van der Waals surface area contributed by atoms with Crippen molar-refractivity contribution in [2.24, 2.45) is 5.41 Å². The van der Waals surface area contributed by atoms with Gasteiger partial charge in [-0.25, -0.2) is 28.6 Å². The van der Waals surface area contributed by atoms with Crippen molar-refractivity contribution in [3.63, 3.8) is 0 Å². The Morgan fingerprint density at radius 3 is 2.37 bits per heavy atom. The fraction of sp³-hybridized carbons (Fsp3) is 0.680. The van der Waals surface area contributed by atoms with E-state index in [0.29, 0.717) is 0 Å². The Morgan fingerprint density at radius 1 is 1.06 bits per heavy atom. The zero-order valence-electron chi connectivity index (χ0n) is 28.8. The highest BCUT2D eigenvalue weighted by Crippen LogP contribution is 2.61. The molecule has 0 saturated carbocycles. The Balaban J connectivity index is 1.51. The van der Waals surface area contributed by atoms with Crippen LogP contribution in [0.1, 0.15) is 39.8 Å². The molecule has 0 bridgehead atoms. The molecule has 25 nitrogen and oxygen atoms in total. The Kier molecular flexibility index (Phi) is 16.2. The van der Waals surface area contributed by atoms with E-state index in [1.165, 1.54) is 20.8 Å². The number of nitrogens with two attached hydrogens (primary N) is 1. The maximum Gasteiger partial charge on any atom is 0.481 e. The number of aliphatic hydroxyl groups excluding tert-OH is 3. The lowest BCUT2D eigenvalue weighted by Crippen LogP contribution is -2.46. The summed E-state index contributed by atoms with van der Waals surface area (Å²) in [6.07, 6.45) is -7.79. The van der Waals surface area contributed by atoms with Crippen LogP contribution in [0.2, 0.25) is 0 Å². The van der Waals surface area contributed by atoms with Crippen molar-refractivity contribution < 1.29 is 85.6 Å². The second kappa shape index (κ2) is 19.1. The molecule has 2 aromatic heterocycles. The average Bonchev–Trinajstić information content (AvgIpc) is 3.60. The highest BCUT2D eigenvalue weighted by molar-refractivity contribution is 8.13. The van der Waals surface area contributed by atoms with Crippen LogP contribution in [0.25, 0.3) is 11.2 Å². The van der Waals surface area contributed by atoms with E-state index in [-0.39, 0.29) is 53.8 Å². The molecule has 3 rings (SSSR count). The van der Waals surface area contributed by atoms with Gasteiger partial charge in [0.2, 0.25) is 11.8 Å². The first-order valence-corrected chi connectivity index (χ1v) is 21.1. The zero-order chi connectivity index (χ0) is 40.6. The van der Waals surface area contributed by atoms with Gasteiger partial charge in [0, 0.05) is 37.1 Å². The van der Waals surface area contributed by atoms with Crippen LogP contribution >= 0.6 is 35.2 Å². The zero-order valence-corrected chi connectivity index (χ0v) is 32.3. The standard InChI is InChI=1S/C25H42N7O18P3S/c1-13(33)8-16(35)54-7-6-27-15(34)4-5-28-23(38)20(37)25(2,3)10-47-53(44,45)50-52(42,43)46-9-14-19(49-51(39,40)41)18(36)24(48-14)32-12-31-17-21(26)29-11-30-22(17)32/h11-14,18-20,24,33,36-37H,4-10H2,1-3H3,(H,27,34)(H,28,38)(H,42,43)(H,44,45)(H2,26,29,30)(H2,39,40,41)/t13-,14-,18-,19-,20+,24-/m1/s1. The molecule has 8 atom stereocenters. The number of fused-ring (bicyclic) bond motifs is 1. The highest BCUT2D eigenvalue weighted by Gasteiger charge is 2.50. The van der Waals surface area contributed by atoms with Crippen LogP contribution in [0.15, 0.2) is 12.7 Å². The first-order chi connectivity index (χ1) is 24.9. The van der Waals surface area contributed by atoms with Crippen molar-refractivity contribution in [1.82, 2.24) is 30.2 Å². The molecule has 29 heteroatoms. The largest absolute Gasteiger partial charge is 0.481 e. The van der Waals surface area contributed by atoms with Crippen LogP contribution < -0.4 is 16.4 Å². The number of nitrogens with zero attached hydrogens (tertiary/aromatic N) is 4. The van der Waals surface area contributed by atoms with E-state index >= 15 is 0 Å². The molecule has 0 aliphatic carbocycles. The number of anilines is 1. The first kappa shape index (κ1) is 45.9. The molecule has 0 radical (unpaired) electrons. The summed E-state index contributed by atoms with van der Waals surface area (Å²) >= 11 is 0.939. The maximum atomic E-state index is 12.6. The number of phosphoric ester groups is 3. The van der Waals surface area contributed by atoms with Gasteiger partial charge in [0.1, 0.15) is 36.3 Å². The quantitative estimate of drug-likeness (QED) is 0.0501. The summed E-state index contributed by atoms with van der Waals surface area (Å²) < 4.78 is 61.9. The van der Waals surface area contributed by atoms with Crippen LogP contribution in [0.5, 0.6) is 0 Å². The summed E-state index contributed by atoms with van der Waals surface area (Å²) in [4.78, 5) is 86.9. The monoisotopic (exact) mass is 853 g/mol. The van der Waals surface area contributed by atoms with Gasteiger partial charge in [0.25, 0.3) is 0 Å². The summed E-state index contributed by atoms with van der Waals surface area (Å²) in [6.45, 7) is 1.83. The molecule has 54 heavy (non-hydrogen) atoms. The van der Waals surface area contributed by atoms with Gasteiger partial charge in [-0.15, -0.1) is 0 Å². The van der Waals surface area contributed by atoms with E-state index < -0.39 is 90.7 Å². The minimum absolute atomic E-state index is 0.0259. The SMILES string of the molecule is C[C@@H](O)CC(=O)SCCNC(=O)CCNC(=O)[C@H](O)C(C)(C)COP(=O)(O)OP(=O)(O)OC[C@H]1O[C@@H](n2cnc3c(N)ncnc32)[C@H](O)[C@@H]1OP(=O)(O)O. The maximum absolute atomic E-state index is 12.6. The predicted octanol–water partition coefficient (Wildman–Crippen LogP) is -1.56. The van der Waals surface area contributed by atoms with Crippen molar-refractivity contribution in [3.05, 3.63) is 12.7 Å². The third-order valence-electron chi connectivity index (χ3n) is 7.23. The Hall–Kier alpha value is -2.48. The van der Waals surface area contributed by atoms with E-state index in [4.69, 9.17) is 19.5 Å². The minimum atomic E-state index is -5.57. The molecule has 1 aliphatic heterocycles. The number of nitrogens with one attached hydrogen (secondary N) is 2. The van der Waals surface area contributed by atoms with E-state index in [0.717, 1.165) is 29.0 Å². The van der Waals surface area contributed by atoms with Crippen molar-refractivity contribution in [2.45, 2.75) is 70.4 Å². The second-order valence-corrected chi connectivity index (χ2v) is 17.7. The van der Waals surface area contributed by atoms with Crippen molar-refractivity contribution in [3.8, 4) is 0 Å². The molecule has 0 aromatic carbocycles. The summed E-state index contributed by atoms with van der Waals surface area (Å²) in [7, 11) is -16.4. The Morgan fingerprint density at radius 2 is 1.72 bits per heavy atom. The molecule has 1 fully saturated rings. The fourth-order valence-electron chi connectivity index (χ4n) is 4.60. The average molecular weight is 854 g/mol. The number of aromatic nitrogens is 4. The minimum Gasteiger partial charge on any atom is -0.393 e. The second-order valence-electron chi connectivity index (χ2n) is 12.3. The number of carbonyl (C=O) groups is 3. The number of nitrogen functional groups attached to an aromatic ring is 1. The fourth-order valence-corrected chi connectivity index (χ4v) is 8.22. The van der Waals surface area contributed by atoms with E-state index in [9.17, 15) is 63.0 Å². The summed E-state index contributed by atoms with van der Waals surface area (Å²) in [5.74, 6) is -1.25. The third-order valence-corrected chi connectivity index (χ3v) is 11.2.